The van der Waals surface area contributed by atoms with Crippen molar-refractivity contribution in [2.24, 2.45) is 5.92 Å². The van der Waals surface area contributed by atoms with Gasteiger partial charge in [-0.25, -0.2) is 0 Å². The minimum Gasteiger partial charge on any atom is -0.494 e. The summed E-state index contributed by atoms with van der Waals surface area (Å²) >= 11 is 0. The molecule has 7 nitrogen and oxygen atoms in total. The van der Waals surface area contributed by atoms with E-state index in [1.54, 1.807) is 0 Å². The van der Waals surface area contributed by atoms with Crippen LogP contribution in [0.5, 0.6) is 11.5 Å². The van der Waals surface area contributed by atoms with Gasteiger partial charge in [0.05, 0.1) is 12.6 Å². The van der Waals surface area contributed by atoms with Gasteiger partial charge in [0.2, 0.25) is 11.8 Å². The lowest BCUT2D eigenvalue weighted by atomic mass is 9.99. The summed E-state index contributed by atoms with van der Waals surface area (Å²) < 4.78 is 11.5. The number of likely N-dealkylation sites (N-methyl/N-ethyl adjacent to an activating group) is 1. The minimum absolute atomic E-state index is 0.154. The number of carbonyl (C=O) groups excluding carboxylic acids is 2. The highest BCUT2D eigenvalue weighted by atomic mass is 16.5. The van der Waals surface area contributed by atoms with Crippen molar-refractivity contribution in [1.82, 2.24) is 15.5 Å². The van der Waals surface area contributed by atoms with Crippen LogP contribution in [0.1, 0.15) is 64.7 Å². The first-order chi connectivity index (χ1) is 20.4. The Hall–Kier alpha value is -3.84. The molecule has 2 N–H and O–H groups in total. The number of nitrogens with one attached hydrogen (secondary N) is 2. The van der Waals surface area contributed by atoms with E-state index in [-0.39, 0.29) is 11.8 Å². The molecular formula is C36H49N3O4. The Kier molecular flexibility index (Phi) is 12.6. The van der Waals surface area contributed by atoms with Gasteiger partial charge < -0.3 is 20.1 Å². The SMILES string of the molecule is CCOc1ccc(CN(C)C(CC(C)C)C(=O)NC(Cc2ccc(OCc3ccccc3)cc2)C(=O)NC(C)(C)C)cc1. The van der Waals surface area contributed by atoms with Crippen molar-refractivity contribution in [3.8, 4) is 11.5 Å². The van der Waals surface area contributed by atoms with Crippen LogP contribution in [0.15, 0.2) is 78.9 Å². The van der Waals surface area contributed by atoms with E-state index in [1.807, 2.05) is 114 Å². The highest BCUT2D eigenvalue weighted by molar-refractivity contribution is 5.90. The van der Waals surface area contributed by atoms with Gasteiger partial charge in [-0.1, -0.05) is 68.4 Å². The second-order valence-corrected chi connectivity index (χ2v) is 12.6. The monoisotopic (exact) mass is 587 g/mol. The molecule has 232 valence electrons. The molecule has 0 bridgehead atoms. The zero-order chi connectivity index (χ0) is 31.4. The number of carbonyl (C=O) groups is 2. The Balaban J connectivity index is 1.72. The molecule has 0 aliphatic heterocycles. The van der Waals surface area contributed by atoms with Gasteiger partial charge >= 0.3 is 0 Å². The molecule has 3 rings (SSSR count). The third kappa shape index (κ3) is 11.8. The third-order valence-corrected chi connectivity index (χ3v) is 6.94. The summed E-state index contributed by atoms with van der Waals surface area (Å²) in [5, 5.41) is 6.16. The fraction of sp³-hybridized carbons (Fsp3) is 0.444. The van der Waals surface area contributed by atoms with Crippen LogP contribution in [0, 0.1) is 5.92 Å². The van der Waals surface area contributed by atoms with E-state index in [0.29, 0.717) is 38.5 Å². The van der Waals surface area contributed by atoms with Gasteiger partial charge in [-0.3, -0.25) is 14.5 Å². The second kappa shape index (κ2) is 16.1. The molecule has 0 fully saturated rings. The summed E-state index contributed by atoms with van der Waals surface area (Å²) in [7, 11) is 1.96. The van der Waals surface area contributed by atoms with Crippen LogP contribution in [0.2, 0.25) is 0 Å². The summed E-state index contributed by atoms with van der Waals surface area (Å²) in [6, 6.07) is 24.6. The fourth-order valence-electron chi connectivity index (χ4n) is 4.82. The molecule has 0 radical (unpaired) electrons. The van der Waals surface area contributed by atoms with Crippen LogP contribution < -0.4 is 20.1 Å². The number of nitrogens with zero attached hydrogens (tertiary/aromatic N) is 1. The second-order valence-electron chi connectivity index (χ2n) is 12.6. The van der Waals surface area contributed by atoms with E-state index >= 15 is 0 Å². The average molecular weight is 588 g/mol. The smallest absolute Gasteiger partial charge is 0.243 e. The predicted octanol–water partition coefficient (Wildman–Crippen LogP) is 6.15. The third-order valence-electron chi connectivity index (χ3n) is 6.94. The lowest BCUT2D eigenvalue weighted by Crippen LogP contribution is -2.56. The topological polar surface area (TPSA) is 79.9 Å². The normalized spacial score (nSPS) is 13.0. The zero-order valence-corrected chi connectivity index (χ0v) is 26.9. The summed E-state index contributed by atoms with van der Waals surface area (Å²) in [6.07, 6.45) is 1.03. The molecule has 3 aromatic carbocycles. The van der Waals surface area contributed by atoms with Gasteiger partial charge in [0.1, 0.15) is 24.1 Å². The van der Waals surface area contributed by atoms with E-state index in [0.717, 1.165) is 28.2 Å². The van der Waals surface area contributed by atoms with E-state index in [2.05, 4.69) is 29.4 Å². The highest BCUT2D eigenvalue weighted by Gasteiger charge is 2.30. The molecule has 0 aliphatic rings. The molecule has 0 aromatic heterocycles. The van der Waals surface area contributed by atoms with Gasteiger partial charge in [-0.15, -0.1) is 0 Å². The van der Waals surface area contributed by atoms with E-state index < -0.39 is 17.6 Å². The van der Waals surface area contributed by atoms with Crippen molar-refractivity contribution < 1.29 is 19.1 Å². The Morgan fingerprint density at radius 1 is 0.791 bits per heavy atom. The maximum atomic E-state index is 13.8. The Morgan fingerprint density at radius 3 is 1.93 bits per heavy atom. The van der Waals surface area contributed by atoms with E-state index in [9.17, 15) is 9.59 Å². The zero-order valence-electron chi connectivity index (χ0n) is 26.9. The van der Waals surface area contributed by atoms with Crippen molar-refractivity contribution in [2.45, 2.75) is 85.2 Å². The summed E-state index contributed by atoms with van der Waals surface area (Å²) in [5.74, 6) is 1.51. The molecule has 43 heavy (non-hydrogen) atoms. The van der Waals surface area contributed by atoms with Gasteiger partial charge in [0.25, 0.3) is 0 Å². The molecule has 0 spiro atoms. The Labute approximate surface area is 258 Å². The molecule has 0 aliphatic carbocycles. The first-order valence-electron chi connectivity index (χ1n) is 15.2. The van der Waals surface area contributed by atoms with Gasteiger partial charge in [0.15, 0.2) is 0 Å². The fourth-order valence-corrected chi connectivity index (χ4v) is 4.82. The molecule has 7 heteroatoms. The quantitative estimate of drug-likeness (QED) is 0.223. The number of hydrogen-bond donors (Lipinski definition) is 2. The molecule has 3 aromatic rings. The van der Waals surface area contributed by atoms with Crippen molar-refractivity contribution in [2.75, 3.05) is 13.7 Å². The number of ether oxygens (including phenoxy) is 2. The van der Waals surface area contributed by atoms with E-state index in [4.69, 9.17) is 9.47 Å². The van der Waals surface area contributed by atoms with Crippen LogP contribution in [0.3, 0.4) is 0 Å². The van der Waals surface area contributed by atoms with Crippen molar-refractivity contribution in [1.29, 1.82) is 0 Å². The molecule has 0 saturated heterocycles. The maximum absolute atomic E-state index is 13.8. The van der Waals surface area contributed by atoms with Crippen LogP contribution in [0.25, 0.3) is 0 Å². The molecule has 2 unspecified atom stereocenters. The van der Waals surface area contributed by atoms with Crippen molar-refractivity contribution >= 4 is 11.8 Å². The molecule has 0 saturated carbocycles. The first kappa shape index (κ1) is 33.7. The molecular weight excluding hydrogens is 538 g/mol. The summed E-state index contributed by atoms with van der Waals surface area (Å²) in [6.45, 7) is 13.7. The highest BCUT2D eigenvalue weighted by Crippen LogP contribution is 2.19. The first-order valence-corrected chi connectivity index (χ1v) is 15.2. The number of rotatable bonds is 15. The Bertz CT molecular complexity index is 1270. The van der Waals surface area contributed by atoms with Crippen LogP contribution in [-0.2, 0) is 29.2 Å². The van der Waals surface area contributed by atoms with Crippen molar-refractivity contribution in [3.05, 3.63) is 95.6 Å². The lowest BCUT2D eigenvalue weighted by molar-refractivity contribution is -0.132. The van der Waals surface area contributed by atoms with Crippen molar-refractivity contribution in [3.63, 3.8) is 0 Å². The number of benzene rings is 3. The van der Waals surface area contributed by atoms with Gasteiger partial charge in [-0.2, -0.15) is 0 Å². The molecule has 0 heterocycles. The molecule has 2 amide bonds. The number of hydrogen-bond acceptors (Lipinski definition) is 5. The van der Waals surface area contributed by atoms with Crippen LogP contribution in [-0.4, -0.2) is 48.0 Å². The number of amides is 2. The van der Waals surface area contributed by atoms with Gasteiger partial charge in [-0.05, 0) is 88.0 Å². The largest absolute Gasteiger partial charge is 0.494 e. The lowest BCUT2D eigenvalue weighted by Gasteiger charge is -2.31. The predicted molar refractivity (Wildman–Crippen MR) is 173 cm³/mol. The van der Waals surface area contributed by atoms with Crippen LogP contribution in [0.4, 0.5) is 0 Å². The summed E-state index contributed by atoms with van der Waals surface area (Å²) in [4.78, 5) is 29.3. The molecule has 2 atom stereocenters. The van der Waals surface area contributed by atoms with E-state index in [1.165, 1.54) is 0 Å². The minimum atomic E-state index is -0.726. The van der Waals surface area contributed by atoms with Crippen LogP contribution >= 0.6 is 0 Å². The maximum Gasteiger partial charge on any atom is 0.243 e. The average Bonchev–Trinajstić information content (AvgIpc) is 2.95. The Morgan fingerprint density at radius 2 is 1.37 bits per heavy atom. The van der Waals surface area contributed by atoms with Gasteiger partial charge in [0, 0.05) is 18.5 Å². The standard InChI is InChI=1S/C36H49N3O4/c1-8-42-30-20-16-28(17-21-30)24-39(7)33(22-26(2)3)35(41)37-32(34(40)38-36(4,5)6)23-27-14-18-31(19-15-27)43-25-29-12-10-9-11-13-29/h9-21,26,32-33H,8,22-25H2,1-7H3,(H,37,41)(H,38,40). The summed E-state index contributed by atoms with van der Waals surface area (Å²) in [5.41, 5.74) is 2.68.